The summed E-state index contributed by atoms with van der Waals surface area (Å²) in [6, 6.07) is 18.7. The minimum absolute atomic E-state index is 0.145. The molecular weight excluding hydrogens is 487 g/mol. The standard InChI is InChI=1S/C25H21F5N2O2S/c1-16-6-3-4-9-21(16)32-22(15-23(31-32)24(26,27)25(28,29)30)19-8-5-7-18(14-19)17-10-12-20(13-11-17)35(2,33)34/h3-14,22H,15H2,1-2H3. The van der Waals surface area contributed by atoms with E-state index in [9.17, 15) is 30.4 Å². The topological polar surface area (TPSA) is 49.7 Å². The average molecular weight is 509 g/mol. The SMILES string of the molecule is Cc1ccccc1N1N=C(C(F)(F)C(F)(F)F)CC1c1cccc(-c2ccc(S(C)(=O)=O)cc2)c1. The van der Waals surface area contributed by atoms with Crippen molar-refractivity contribution in [1.29, 1.82) is 0 Å². The Morgan fingerprint density at radius 1 is 0.886 bits per heavy atom. The molecule has 3 aromatic rings. The molecule has 0 aromatic heterocycles. The second kappa shape index (κ2) is 8.75. The molecule has 4 rings (SSSR count). The molecule has 0 radical (unpaired) electrons. The van der Waals surface area contributed by atoms with Crippen LogP contribution in [0.4, 0.5) is 27.6 Å². The first-order valence-electron chi connectivity index (χ1n) is 10.6. The maximum atomic E-state index is 14.3. The van der Waals surface area contributed by atoms with Crippen LogP contribution in [-0.2, 0) is 9.84 Å². The lowest BCUT2D eigenvalue weighted by molar-refractivity contribution is -0.249. The zero-order chi connectivity index (χ0) is 25.6. The van der Waals surface area contributed by atoms with Crippen LogP contribution in [0.2, 0.25) is 0 Å². The summed E-state index contributed by atoms with van der Waals surface area (Å²) in [4.78, 5) is 0.145. The molecule has 1 heterocycles. The zero-order valence-corrected chi connectivity index (χ0v) is 19.5. The Hall–Kier alpha value is -3.27. The second-order valence-electron chi connectivity index (χ2n) is 8.39. The molecule has 0 fully saturated rings. The highest BCUT2D eigenvalue weighted by Gasteiger charge is 2.62. The van der Waals surface area contributed by atoms with Gasteiger partial charge in [-0.2, -0.15) is 27.1 Å². The van der Waals surface area contributed by atoms with Gasteiger partial charge in [-0.05, 0) is 53.4 Å². The van der Waals surface area contributed by atoms with Crippen molar-refractivity contribution in [3.63, 3.8) is 0 Å². The molecule has 1 aliphatic heterocycles. The lowest BCUT2D eigenvalue weighted by Gasteiger charge is -2.26. The monoisotopic (exact) mass is 508 g/mol. The molecule has 0 saturated heterocycles. The number of alkyl halides is 5. The maximum Gasteiger partial charge on any atom is 0.459 e. The molecular formula is C25H21F5N2O2S. The minimum atomic E-state index is -5.76. The molecule has 35 heavy (non-hydrogen) atoms. The third kappa shape index (κ3) is 4.80. The summed E-state index contributed by atoms with van der Waals surface area (Å²) in [6.07, 6.45) is -5.28. The van der Waals surface area contributed by atoms with Crippen LogP contribution in [0, 0.1) is 6.92 Å². The molecule has 0 N–H and O–H groups in total. The quantitative estimate of drug-likeness (QED) is 0.366. The number of halogens is 5. The van der Waals surface area contributed by atoms with Crippen LogP contribution in [0.1, 0.15) is 23.6 Å². The van der Waals surface area contributed by atoms with Crippen molar-refractivity contribution in [1.82, 2.24) is 0 Å². The summed E-state index contributed by atoms with van der Waals surface area (Å²) < 4.78 is 91.4. The van der Waals surface area contributed by atoms with Crippen LogP contribution in [-0.4, -0.2) is 32.5 Å². The summed E-state index contributed by atoms with van der Waals surface area (Å²) in [5.41, 5.74) is 1.67. The summed E-state index contributed by atoms with van der Waals surface area (Å²) in [5.74, 6) is -5.07. The Morgan fingerprint density at radius 3 is 2.14 bits per heavy atom. The lowest BCUT2D eigenvalue weighted by Crippen LogP contribution is -2.43. The fourth-order valence-electron chi connectivity index (χ4n) is 3.99. The number of nitrogens with zero attached hydrogens (tertiary/aromatic N) is 2. The molecule has 0 spiro atoms. The zero-order valence-electron chi connectivity index (χ0n) is 18.7. The van der Waals surface area contributed by atoms with E-state index in [4.69, 9.17) is 0 Å². The van der Waals surface area contributed by atoms with Gasteiger partial charge in [-0.15, -0.1) is 0 Å². The first-order chi connectivity index (χ1) is 16.3. The molecule has 1 unspecified atom stereocenters. The van der Waals surface area contributed by atoms with Gasteiger partial charge >= 0.3 is 12.1 Å². The molecule has 0 saturated carbocycles. The third-order valence-corrected chi connectivity index (χ3v) is 7.01. The molecule has 3 aromatic carbocycles. The Balaban J connectivity index is 1.76. The highest BCUT2D eigenvalue weighted by molar-refractivity contribution is 7.90. The molecule has 1 aliphatic rings. The van der Waals surface area contributed by atoms with Gasteiger partial charge in [0, 0.05) is 12.7 Å². The number of benzene rings is 3. The molecule has 0 aliphatic carbocycles. The van der Waals surface area contributed by atoms with Crippen LogP contribution in [0.25, 0.3) is 11.1 Å². The molecule has 10 heteroatoms. The van der Waals surface area contributed by atoms with Crippen molar-refractivity contribution in [2.75, 3.05) is 11.3 Å². The van der Waals surface area contributed by atoms with E-state index in [0.717, 1.165) is 6.26 Å². The average Bonchev–Trinajstić information content (AvgIpc) is 3.24. The van der Waals surface area contributed by atoms with Crippen molar-refractivity contribution in [2.45, 2.75) is 36.4 Å². The number of sulfone groups is 1. The van der Waals surface area contributed by atoms with Gasteiger partial charge in [0.25, 0.3) is 0 Å². The number of hydrogen-bond donors (Lipinski definition) is 0. The third-order valence-electron chi connectivity index (χ3n) is 5.88. The fraction of sp³-hybridized carbons (Fsp3) is 0.240. The maximum absolute atomic E-state index is 14.3. The van der Waals surface area contributed by atoms with Crippen LogP contribution >= 0.6 is 0 Å². The number of aryl methyl sites for hydroxylation is 1. The Bertz CT molecular complexity index is 1380. The Kier molecular flexibility index (Phi) is 6.21. The first-order valence-corrected chi connectivity index (χ1v) is 12.5. The van der Waals surface area contributed by atoms with Gasteiger partial charge in [0.15, 0.2) is 9.84 Å². The molecule has 0 amide bonds. The van der Waals surface area contributed by atoms with Gasteiger partial charge in [-0.1, -0.05) is 48.5 Å². The van der Waals surface area contributed by atoms with Crippen LogP contribution in [0.3, 0.4) is 0 Å². The van der Waals surface area contributed by atoms with Crippen molar-refractivity contribution in [2.24, 2.45) is 5.10 Å². The van der Waals surface area contributed by atoms with Gasteiger partial charge in [-0.25, -0.2) is 8.42 Å². The highest BCUT2D eigenvalue weighted by atomic mass is 32.2. The van der Waals surface area contributed by atoms with E-state index in [2.05, 4.69) is 5.10 Å². The van der Waals surface area contributed by atoms with Crippen LogP contribution < -0.4 is 5.01 Å². The summed E-state index contributed by atoms with van der Waals surface area (Å²) in [5, 5.41) is 4.99. The van der Waals surface area contributed by atoms with Crippen LogP contribution in [0.15, 0.2) is 82.8 Å². The second-order valence-corrected chi connectivity index (χ2v) is 10.4. The predicted molar refractivity (Wildman–Crippen MR) is 124 cm³/mol. The van der Waals surface area contributed by atoms with E-state index in [0.29, 0.717) is 27.9 Å². The molecule has 0 bridgehead atoms. The predicted octanol–water partition coefficient (Wildman–Crippen LogP) is 6.57. The summed E-state index contributed by atoms with van der Waals surface area (Å²) in [7, 11) is -3.38. The van der Waals surface area contributed by atoms with Gasteiger partial charge < -0.3 is 0 Å². The Labute approximate surface area is 199 Å². The minimum Gasteiger partial charge on any atom is -0.257 e. The number of hydrazone groups is 1. The van der Waals surface area contributed by atoms with E-state index in [1.54, 1.807) is 67.6 Å². The molecule has 1 atom stereocenters. The van der Waals surface area contributed by atoms with E-state index >= 15 is 0 Å². The van der Waals surface area contributed by atoms with Gasteiger partial charge in [0.05, 0.1) is 16.6 Å². The first kappa shape index (κ1) is 24.8. The summed E-state index contributed by atoms with van der Waals surface area (Å²) in [6.45, 7) is 1.72. The smallest absolute Gasteiger partial charge is 0.257 e. The Morgan fingerprint density at radius 2 is 1.54 bits per heavy atom. The number of hydrogen-bond acceptors (Lipinski definition) is 4. The largest absolute Gasteiger partial charge is 0.459 e. The van der Waals surface area contributed by atoms with Crippen molar-refractivity contribution in [3.05, 3.63) is 83.9 Å². The fourth-order valence-corrected chi connectivity index (χ4v) is 4.62. The van der Waals surface area contributed by atoms with E-state index < -0.39 is 40.1 Å². The van der Waals surface area contributed by atoms with E-state index in [1.165, 1.54) is 17.1 Å². The van der Waals surface area contributed by atoms with E-state index in [-0.39, 0.29) is 4.90 Å². The van der Waals surface area contributed by atoms with Gasteiger partial charge in [0.1, 0.15) is 5.71 Å². The normalized spacial score (nSPS) is 16.9. The summed E-state index contributed by atoms with van der Waals surface area (Å²) >= 11 is 0. The van der Waals surface area contributed by atoms with Crippen molar-refractivity contribution in [3.8, 4) is 11.1 Å². The van der Waals surface area contributed by atoms with Gasteiger partial charge in [-0.3, -0.25) is 5.01 Å². The number of anilines is 1. The lowest BCUT2D eigenvalue weighted by atomic mass is 9.95. The number of para-hydroxylation sites is 1. The van der Waals surface area contributed by atoms with Crippen LogP contribution in [0.5, 0.6) is 0 Å². The molecule has 4 nitrogen and oxygen atoms in total. The number of rotatable bonds is 5. The van der Waals surface area contributed by atoms with E-state index in [1.807, 2.05) is 0 Å². The molecule has 184 valence electrons. The highest BCUT2D eigenvalue weighted by Crippen LogP contribution is 2.45. The van der Waals surface area contributed by atoms with Crippen molar-refractivity contribution < 1.29 is 30.4 Å². The van der Waals surface area contributed by atoms with Crippen molar-refractivity contribution >= 4 is 21.2 Å². The van der Waals surface area contributed by atoms with Gasteiger partial charge in [0.2, 0.25) is 0 Å².